The van der Waals surface area contributed by atoms with Crippen LogP contribution in [0, 0.1) is 11.8 Å². The Morgan fingerprint density at radius 3 is 2.32 bits per heavy atom. The Bertz CT molecular complexity index is 1210. The van der Waals surface area contributed by atoms with Crippen molar-refractivity contribution in [1.82, 2.24) is 0 Å². The molecule has 1 unspecified atom stereocenters. The van der Waals surface area contributed by atoms with Gasteiger partial charge >= 0.3 is 0 Å². The number of ether oxygens (including phenoxy) is 2. The Labute approximate surface area is 222 Å². The van der Waals surface area contributed by atoms with Crippen LogP contribution in [-0.2, 0) is 0 Å². The molecule has 2 N–H and O–H groups in total. The van der Waals surface area contributed by atoms with Gasteiger partial charge in [0.05, 0.1) is 30.7 Å². The van der Waals surface area contributed by atoms with Crippen LogP contribution < -0.4 is 15.0 Å². The molecule has 0 bridgehead atoms. The third-order valence-electron chi connectivity index (χ3n) is 6.55. The van der Waals surface area contributed by atoms with Gasteiger partial charge in [0.25, 0.3) is 0 Å². The number of unbranched alkanes of at least 4 members (excludes halogenated alkanes) is 5. The highest BCUT2D eigenvalue weighted by molar-refractivity contribution is 8.14. The van der Waals surface area contributed by atoms with Crippen LogP contribution in [0.3, 0.4) is 0 Å². The number of carbonyl (C=O) groups is 1. The van der Waals surface area contributed by atoms with E-state index in [4.69, 9.17) is 9.47 Å². The first-order chi connectivity index (χ1) is 18.0. The summed E-state index contributed by atoms with van der Waals surface area (Å²) in [5.74, 6) is 0.895. The highest BCUT2D eigenvalue weighted by atomic mass is 32.2. The molecule has 0 saturated carbocycles. The molecule has 0 aliphatic rings. The zero-order valence-corrected chi connectivity index (χ0v) is 22.8. The largest absolute Gasteiger partial charge is 0.496 e. The maximum atomic E-state index is 13.3. The molecule has 0 aliphatic carbocycles. The summed E-state index contributed by atoms with van der Waals surface area (Å²) >= 11 is 1.26. The van der Waals surface area contributed by atoms with Gasteiger partial charge in [0.15, 0.2) is 0 Å². The van der Waals surface area contributed by atoms with E-state index in [1.54, 1.807) is 6.07 Å². The number of anilines is 1. The second-order valence-corrected chi connectivity index (χ2v) is 10.3. The summed E-state index contributed by atoms with van der Waals surface area (Å²) in [7, 11) is 3.06. The molecular formula is C29H36N2O5S. The van der Waals surface area contributed by atoms with Gasteiger partial charge in [-0.2, -0.15) is 0 Å². The number of carbonyl (C=O) groups excluding carboxylic acids is 1. The van der Waals surface area contributed by atoms with Gasteiger partial charge in [0.1, 0.15) is 17.2 Å². The summed E-state index contributed by atoms with van der Waals surface area (Å²) in [5, 5.41) is 13.6. The van der Waals surface area contributed by atoms with E-state index < -0.39 is 0 Å². The summed E-state index contributed by atoms with van der Waals surface area (Å²) in [5.41, 5.74) is 5.18. The van der Waals surface area contributed by atoms with E-state index in [9.17, 15) is 14.9 Å². The monoisotopic (exact) mass is 524 g/mol. The van der Waals surface area contributed by atoms with Crippen LogP contribution in [0.2, 0.25) is 0 Å². The van der Waals surface area contributed by atoms with E-state index in [0.717, 1.165) is 36.8 Å². The number of nitrogens with one attached hydrogen (secondary N) is 1. The molecule has 0 radical (unpaired) electrons. The number of fused-ring (bicyclic) bond motifs is 1. The van der Waals surface area contributed by atoms with Crippen LogP contribution in [-0.4, -0.2) is 24.5 Å². The summed E-state index contributed by atoms with van der Waals surface area (Å²) in [6.45, 7) is 4.19. The molecule has 3 rings (SSSR count). The van der Waals surface area contributed by atoms with Crippen molar-refractivity contribution in [3.8, 4) is 11.5 Å². The molecule has 8 heteroatoms. The standard InChI is InChI=1S/C29H36N2O5S/c1-5-6-7-8-9-10-11-25(37-29(32)20-14-12-19(2)13-15-20)21-18-24(35-3)26-22(30-33)16-17-23(31-34)27(26)28(21)36-4/h12-18,25,30,33H,5-11H2,1-4H3. The Balaban J connectivity index is 2.09. The molecule has 198 valence electrons. The van der Waals surface area contributed by atoms with Gasteiger partial charge in [-0.1, -0.05) is 87.0 Å². The van der Waals surface area contributed by atoms with Gasteiger partial charge in [0.2, 0.25) is 5.12 Å². The first-order valence-electron chi connectivity index (χ1n) is 12.7. The van der Waals surface area contributed by atoms with Gasteiger partial charge in [-0.25, -0.2) is 0 Å². The Kier molecular flexibility index (Phi) is 10.8. The molecule has 3 aromatic carbocycles. The third kappa shape index (κ3) is 6.81. The highest BCUT2D eigenvalue weighted by Gasteiger charge is 2.27. The molecule has 3 aromatic rings. The molecule has 0 heterocycles. The zero-order chi connectivity index (χ0) is 26.8. The van der Waals surface area contributed by atoms with Crippen molar-refractivity contribution >= 4 is 39.0 Å². The quantitative estimate of drug-likeness (QED) is 0.124. The normalized spacial score (nSPS) is 11.8. The minimum Gasteiger partial charge on any atom is -0.496 e. The topological polar surface area (TPSA) is 97.2 Å². The third-order valence-corrected chi connectivity index (χ3v) is 7.78. The van der Waals surface area contributed by atoms with Gasteiger partial charge in [-0.15, -0.1) is 4.91 Å². The predicted octanol–water partition coefficient (Wildman–Crippen LogP) is 8.73. The average molecular weight is 525 g/mol. The fraction of sp³-hybridized carbons (Fsp3) is 0.414. The molecule has 0 saturated heterocycles. The number of methoxy groups -OCH3 is 2. The van der Waals surface area contributed by atoms with Gasteiger partial charge in [-0.05, 0) is 36.7 Å². The molecular weight excluding hydrogens is 488 g/mol. The van der Waals surface area contributed by atoms with Crippen molar-refractivity contribution in [2.75, 3.05) is 19.7 Å². The SMILES string of the molecule is CCCCCCCCC(SC(=O)c1ccc(C)cc1)c1cc(OC)c2c(NO)ccc(N=O)c2c1OC. The predicted molar refractivity (Wildman–Crippen MR) is 152 cm³/mol. The first kappa shape index (κ1) is 28.5. The molecule has 0 spiro atoms. The molecule has 7 nitrogen and oxygen atoms in total. The van der Waals surface area contributed by atoms with Crippen LogP contribution in [0.5, 0.6) is 11.5 Å². The van der Waals surface area contributed by atoms with E-state index in [1.807, 2.05) is 37.3 Å². The summed E-state index contributed by atoms with van der Waals surface area (Å²) in [6.07, 6.45) is 7.54. The molecule has 0 aliphatic heterocycles. The highest BCUT2D eigenvalue weighted by Crippen LogP contribution is 2.50. The van der Waals surface area contributed by atoms with Crippen molar-refractivity contribution in [3.05, 3.63) is 64.1 Å². The second-order valence-electron chi connectivity index (χ2n) is 9.10. The van der Waals surface area contributed by atoms with Crippen LogP contribution in [0.1, 0.15) is 78.6 Å². The number of thioether (sulfide) groups is 1. The lowest BCUT2D eigenvalue weighted by molar-refractivity contribution is 0.108. The lowest BCUT2D eigenvalue weighted by Gasteiger charge is -2.23. The van der Waals surface area contributed by atoms with Gasteiger partial charge in [-0.3, -0.25) is 15.5 Å². The van der Waals surface area contributed by atoms with E-state index in [1.165, 1.54) is 51.3 Å². The van der Waals surface area contributed by atoms with E-state index in [2.05, 4.69) is 17.6 Å². The minimum absolute atomic E-state index is 0.0309. The lowest BCUT2D eigenvalue weighted by atomic mass is 9.96. The summed E-state index contributed by atoms with van der Waals surface area (Å²) in [6, 6.07) is 12.5. The maximum absolute atomic E-state index is 13.3. The smallest absolute Gasteiger partial charge is 0.219 e. The zero-order valence-electron chi connectivity index (χ0n) is 22.0. The fourth-order valence-electron chi connectivity index (χ4n) is 4.56. The lowest BCUT2D eigenvalue weighted by Crippen LogP contribution is -2.06. The van der Waals surface area contributed by atoms with E-state index in [0.29, 0.717) is 33.5 Å². The maximum Gasteiger partial charge on any atom is 0.219 e. The Morgan fingerprint density at radius 1 is 1.00 bits per heavy atom. The number of aryl methyl sites for hydroxylation is 1. The van der Waals surface area contributed by atoms with Crippen LogP contribution in [0.4, 0.5) is 11.4 Å². The van der Waals surface area contributed by atoms with Crippen LogP contribution >= 0.6 is 11.8 Å². The fourth-order valence-corrected chi connectivity index (χ4v) is 5.68. The van der Waals surface area contributed by atoms with Crippen molar-refractivity contribution in [2.45, 2.75) is 64.0 Å². The summed E-state index contributed by atoms with van der Waals surface area (Å²) < 4.78 is 11.5. The Morgan fingerprint density at radius 2 is 1.70 bits per heavy atom. The molecule has 37 heavy (non-hydrogen) atoms. The van der Waals surface area contributed by atoms with Crippen molar-refractivity contribution < 1.29 is 19.5 Å². The molecule has 0 fully saturated rings. The number of nitroso groups, excluding NO2 is 1. The van der Waals surface area contributed by atoms with Crippen molar-refractivity contribution in [3.63, 3.8) is 0 Å². The Hall–Kier alpha value is -3.10. The molecule has 0 amide bonds. The summed E-state index contributed by atoms with van der Waals surface area (Å²) in [4.78, 5) is 25.1. The molecule has 0 aromatic heterocycles. The van der Waals surface area contributed by atoms with Gasteiger partial charge < -0.3 is 9.47 Å². The van der Waals surface area contributed by atoms with Crippen LogP contribution in [0.25, 0.3) is 10.8 Å². The number of hydrogen-bond donors (Lipinski definition) is 2. The van der Waals surface area contributed by atoms with Crippen molar-refractivity contribution in [2.24, 2.45) is 5.18 Å². The first-order valence-corrected chi connectivity index (χ1v) is 13.6. The number of rotatable bonds is 14. The van der Waals surface area contributed by atoms with Crippen LogP contribution in [0.15, 0.2) is 47.6 Å². The number of benzene rings is 3. The molecule has 1 atom stereocenters. The minimum atomic E-state index is -0.238. The number of hydrogen-bond acceptors (Lipinski definition) is 8. The van der Waals surface area contributed by atoms with E-state index in [-0.39, 0.29) is 16.1 Å². The van der Waals surface area contributed by atoms with E-state index >= 15 is 0 Å². The van der Waals surface area contributed by atoms with Crippen molar-refractivity contribution in [1.29, 1.82) is 0 Å². The average Bonchev–Trinajstić information content (AvgIpc) is 2.92. The van der Waals surface area contributed by atoms with Gasteiger partial charge in [0, 0.05) is 16.4 Å². The number of nitrogens with zero attached hydrogens (tertiary/aromatic N) is 1. The second kappa shape index (κ2) is 14.0.